The molecule has 0 aromatic carbocycles. The molecule has 1 unspecified atom stereocenters. The lowest BCUT2D eigenvalue weighted by Crippen LogP contribution is -2.30. The van der Waals surface area contributed by atoms with Crippen LogP contribution in [0, 0.1) is 0 Å². The van der Waals surface area contributed by atoms with Gasteiger partial charge < -0.3 is 14.2 Å². The number of rotatable bonds is 52. The maximum atomic E-state index is 12.9. The Morgan fingerprint density at radius 1 is 0.278 bits per heavy atom. The highest BCUT2D eigenvalue weighted by atomic mass is 16.6. The first-order chi connectivity index (χ1) is 35.5. The molecule has 0 aliphatic heterocycles. The summed E-state index contributed by atoms with van der Waals surface area (Å²) >= 11 is 0. The van der Waals surface area contributed by atoms with E-state index in [1.807, 2.05) is 0 Å². The van der Waals surface area contributed by atoms with Crippen LogP contribution in [0.15, 0.2) is 122 Å². The number of ether oxygens (including phenoxy) is 3. The Balaban J connectivity index is 4.55. The van der Waals surface area contributed by atoms with Gasteiger partial charge in [0.25, 0.3) is 0 Å². The van der Waals surface area contributed by atoms with Crippen molar-refractivity contribution >= 4 is 17.9 Å². The normalized spacial score (nSPS) is 13.0. The van der Waals surface area contributed by atoms with Gasteiger partial charge in [-0.05, 0) is 96.3 Å². The summed E-state index contributed by atoms with van der Waals surface area (Å²) in [6.45, 7) is 6.52. The third-order valence-corrected chi connectivity index (χ3v) is 12.4. The molecule has 0 N–H and O–H groups in total. The van der Waals surface area contributed by atoms with Gasteiger partial charge in [0, 0.05) is 19.3 Å². The molecule has 0 spiro atoms. The molecule has 0 radical (unpaired) electrons. The van der Waals surface area contributed by atoms with Gasteiger partial charge in [0.2, 0.25) is 0 Å². The molecule has 72 heavy (non-hydrogen) atoms. The smallest absolute Gasteiger partial charge is 0.306 e. The van der Waals surface area contributed by atoms with Crippen molar-refractivity contribution in [3.63, 3.8) is 0 Å². The topological polar surface area (TPSA) is 78.9 Å². The summed E-state index contributed by atoms with van der Waals surface area (Å²) in [5, 5.41) is 0. The molecule has 6 nitrogen and oxygen atoms in total. The second-order valence-electron chi connectivity index (χ2n) is 19.4. The summed E-state index contributed by atoms with van der Waals surface area (Å²) in [6.07, 6.45) is 81.7. The number of unbranched alkanes of at least 4 members (excludes halogenated alkanes) is 28. The zero-order valence-corrected chi connectivity index (χ0v) is 46.7. The van der Waals surface area contributed by atoms with Crippen molar-refractivity contribution in [3.05, 3.63) is 122 Å². The second-order valence-corrected chi connectivity index (χ2v) is 19.4. The SMILES string of the molecule is CCCCC\C=C/C=C\C=C/C=C\CCCCCCCC(=O)OCC(COC(=O)CCCCCCC\C=C/C=C\C=C/CCCCCCC)OC(=O)CCCCCCC\C=C/C=C\C=C/CCCCCCC. The highest BCUT2D eigenvalue weighted by Crippen LogP contribution is 2.14. The van der Waals surface area contributed by atoms with Crippen molar-refractivity contribution in [2.75, 3.05) is 13.2 Å². The molecule has 0 saturated carbocycles. The summed E-state index contributed by atoms with van der Waals surface area (Å²) < 4.78 is 16.8. The molecular formula is C66H108O6. The monoisotopic (exact) mass is 997 g/mol. The van der Waals surface area contributed by atoms with Crippen molar-refractivity contribution in [3.8, 4) is 0 Å². The van der Waals surface area contributed by atoms with Gasteiger partial charge in [-0.1, -0.05) is 264 Å². The lowest BCUT2D eigenvalue weighted by atomic mass is 10.1. The third kappa shape index (κ3) is 56.7. The average Bonchev–Trinajstić information content (AvgIpc) is 3.38. The number of hydrogen-bond donors (Lipinski definition) is 0. The first-order valence-corrected chi connectivity index (χ1v) is 29.7. The summed E-state index contributed by atoms with van der Waals surface area (Å²) in [6, 6.07) is 0. The van der Waals surface area contributed by atoms with E-state index < -0.39 is 6.10 Å². The molecule has 0 aromatic heterocycles. The predicted octanol–water partition coefficient (Wildman–Crippen LogP) is 20.0. The molecule has 0 aromatic rings. The van der Waals surface area contributed by atoms with E-state index in [1.165, 1.54) is 83.5 Å². The Morgan fingerprint density at radius 2 is 0.500 bits per heavy atom. The number of esters is 3. The minimum absolute atomic E-state index is 0.108. The van der Waals surface area contributed by atoms with Crippen LogP contribution in [0.5, 0.6) is 0 Å². The fourth-order valence-corrected chi connectivity index (χ4v) is 7.87. The van der Waals surface area contributed by atoms with E-state index in [2.05, 4.69) is 142 Å². The Hall–Kier alpha value is -4.19. The largest absolute Gasteiger partial charge is 0.462 e. The predicted molar refractivity (Wildman–Crippen MR) is 311 cm³/mol. The van der Waals surface area contributed by atoms with Crippen LogP contribution in [0.4, 0.5) is 0 Å². The van der Waals surface area contributed by atoms with Crippen molar-refractivity contribution in [1.29, 1.82) is 0 Å². The standard InChI is InChI=1S/C66H108O6/c1-4-7-10-13-16-19-22-25-28-31-34-37-40-43-46-49-52-55-58-64(67)70-61-63(72-66(69)60-57-54-51-48-45-42-39-36-33-30-27-24-21-18-15-12-9-6-3)62-71-65(68)59-56-53-50-47-44-41-38-35-32-29-26-23-20-17-14-11-8-5-2/h16,19,22-39,63H,4-15,17-18,20-21,40-62H2,1-3H3/b19-16-,25-22-,26-23-,27-24-,31-28-,32-29-,33-30-,37-34-,38-35-,39-36-. The lowest BCUT2D eigenvalue weighted by molar-refractivity contribution is -0.167. The van der Waals surface area contributed by atoms with Gasteiger partial charge >= 0.3 is 17.9 Å². The van der Waals surface area contributed by atoms with E-state index in [4.69, 9.17) is 14.2 Å². The molecule has 0 saturated heterocycles. The van der Waals surface area contributed by atoms with Crippen LogP contribution in [0.1, 0.15) is 258 Å². The van der Waals surface area contributed by atoms with Gasteiger partial charge in [-0.15, -0.1) is 0 Å². The van der Waals surface area contributed by atoms with Crippen molar-refractivity contribution in [1.82, 2.24) is 0 Å². The molecule has 0 heterocycles. The molecule has 6 heteroatoms. The Kier molecular flexibility index (Phi) is 55.9. The minimum atomic E-state index is -0.812. The summed E-state index contributed by atoms with van der Waals surface area (Å²) in [5.74, 6) is -0.969. The van der Waals surface area contributed by atoms with Crippen LogP contribution in [-0.4, -0.2) is 37.2 Å². The molecule has 0 fully saturated rings. The minimum Gasteiger partial charge on any atom is -0.462 e. The van der Waals surface area contributed by atoms with Crippen molar-refractivity contribution in [2.45, 2.75) is 264 Å². The van der Waals surface area contributed by atoms with Gasteiger partial charge in [0.05, 0.1) is 0 Å². The van der Waals surface area contributed by atoms with Gasteiger partial charge in [-0.3, -0.25) is 14.4 Å². The average molecular weight is 998 g/mol. The number of carbonyl (C=O) groups excluding carboxylic acids is 3. The fourth-order valence-electron chi connectivity index (χ4n) is 7.87. The first kappa shape index (κ1) is 67.8. The molecule has 0 bridgehead atoms. The lowest BCUT2D eigenvalue weighted by Gasteiger charge is -2.18. The second kappa shape index (κ2) is 59.4. The number of allylic oxidation sites excluding steroid dienone is 20. The Morgan fingerprint density at radius 3 is 0.806 bits per heavy atom. The molecule has 0 aliphatic rings. The van der Waals surface area contributed by atoms with Crippen molar-refractivity contribution in [2.24, 2.45) is 0 Å². The Labute approximate surface area is 443 Å². The highest BCUT2D eigenvalue weighted by molar-refractivity contribution is 5.71. The van der Waals surface area contributed by atoms with Gasteiger partial charge in [0.15, 0.2) is 6.10 Å². The third-order valence-electron chi connectivity index (χ3n) is 12.4. The molecule has 408 valence electrons. The first-order valence-electron chi connectivity index (χ1n) is 29.7. The maximum Gasteiger partial charge on any atom is 0.306 e. The van der Waals surface area contributed by atoms with E-state index in [1.54, 1.807) is 0 Å². The van der Waals surface area contributed by atoms with Crippen LogP contribution in [0.3, 0.4) is 0 Å². The van der Waals surface area contributed by atoms with E-state index in [9.17, 15) is 14.4 Å². The summed E-state index contributed by atoms with van der Waals surface area (Å²) in [5.41, 5.74) is 0. The fraction of sp³-hybridized carbons (Fsp3) is 0.652. The van der Waals surface area contributed by atoms with Crippen LogP contribution in [0.25, 0.3) is 0 Å². The van der Waals surface area contributed by atoms with Crippen LogP contribution >= 0.6 is 0 Å². The van der Waals surface area contributed by atoms with Crippen LogP contribution in [0.2, 0.25) is 0 Å². The number of carbonyl (C=O) groups is 3. The molecular weight excluding hydrogens is 889 g/mol. The maximum absolute atomic E-state index is 12.9. The molecule has 0 aliphatic carbocycles. The van der Waals surface area contributed by atoms with E-state index in [-0.39, 0.29) is 31.1 Å². The molecule has 0 rings (SSSR count). The van der Waals surface area contributed by atoms with Gasteiger partial charge in [-0.25, -0.2) is 0 Å². The van der Waals surface area contributed by atoms with Crippen molar-refractivity contribution < 1.29 is 28.6 Å². The summed E-state index contributed by atoms with van der Waals surface area (Å²) in [7, 11) is 0. The Bertz CT molecular complexity index is 1520. The highest BCUT2D eigenvalue weighted by Gasteiger charge is 2.19. The van der Waals surface area contributed by atoms with Crippen LogP contribution in [-0.2, 0) is 28.6 Å². The van der Waals surface area contributed by atoms with Gasteiger partial charge in [-0.2, -0.15) is 0 Å². The van der Waals surface area contributed by atoms with E-state index >= 15 is 0 Å². The molecule has 1 atom stereocenters. The quantitative estimate of drug-likeness (QED) is 0.0261. The molecule has 0 amide bonds. The van der Waals surface area contributed by atoms with E-state index in [0.717, 1.165) is 135 Å². The zero-order valence-electron chi connectivity index (χ0n) is 46.7. The van der Waals surface area contributed by atoms with E-state index in [0.29, 0.717) is 19.3 Å². The zero-order chi connectivity index (χ0) is 52.2. The van der Waals surface area contributed by atoms with Crippen LogP contribution < -0.4 is 0 Å². The van der Waals surface area contributed by atoms with Gasteiger partial charge in [0.1, 0.15) is 13.2 Å². The summed E-state index contributed by atoms with van der Waals surface area (Å²) in [4.78, 5) is 38.2. The number of hydrogen-bond acceptors (Lipinski definition) is 6.